The molecule has 4 bridgehead atoms. The van der Waals surface area contributed by atoms with Crippen LogP contribution < -0.4 is 20.1 Å². The molecule has 3 aromatic carbocycles. The third-order valence-corrected chi connectivity index (χ3v) is 19.3. The third-order valence-electron chi connectivity index (χ3n) is 15.6. The van der Waals surface area contributed by atoms with Gasteiger partial charge >= 0.3 is 19.9 Å². The number of hydrogen-bond acceptors (Lipinski definition) is 18. The predicted molar refractivity (Wildman–Crippen MR) is 274 cm³/mol. The summed E-state index contributed by atoms with van der Waals surface area (Å²) in [5.74, 6) is -0.260. The van der Waals surface area contributed by atoms with Crippen LogP contribution in [-0.4, -0.2) is 140 Å². The zero-order valence-electron chi connectivity index (χ0n) is 44.2. The van der Waals surface area contributed by atoms with Crippen molar-refractivity contribution in [3.05, 3.63) is 95.6 Å². The number of hydrogen-bond donors (Lipinski definition) is 2. The monoisotopic (exact) mass is 1100 g/mol. The molecule has 6 fully saturated rings. The van der Waals surface area contributed by atoms with Crippen LogP contribution in [0.1, 0.15) is 83.9 Å². The number of carbonyl (C=O) groups is 4. The number of methoxy groups -OCH3 is 2. The number of rotatable bonds is 19. The van der Waals surface area contributed by atoms with Gasteiger partial charge in [-0.25, -0.2) is 18.8 Å². The van der Waals surface area contributed by atoms with Crippen molar-refractivity contribution in [2.45, 2.75) is 134 Å². The lowest BCUT2D eigenvalue weighted by Crippen LogP contribution is -2.92. The first-order valence-electron chi connectivity index (χ1n) is 25.7. The van der Waals surface area contributed by atoms with Gasteiger partial charge in [-0.3, -0.25) is 43.6 Å². The van der Waals surface area contributed by atoms with E-state index in [-0.39, 0.29) is 57.6 Å². The van der Waals surface area contributed by atoms with E-state index in [9.17, 15) is 29.7 Å². The summed E-state index contributed by atoms with van der Waals surface area (Å²) in [6.45, 7) is 9.91. The number of fused-ring (bicyclic) bond motifs is 7. The molecule has 6 amide bonds. The highest BCUT2D eigenvalue weighted by molar-refractivity contribution is 7.48. The van der Waals surface area contributed by atoms with Crippen LogP contribution in [0.5, 0.6) is 11.5 Å². The van der Waals surface area contributed by atoms with Gasteiger partial charge in [-0.1, -0.05) is 54.6 Å². The van der Waals surface area contributed by atoms with Crippen LogP contribution in [0.3, 0.4) is 0 Å². The van der Waals surface area contributed by atoms with E-state index in [2.05, 4.69) is 16.7 Å². The molecule has 12 atom stereocenters. The van der Waals surface area contributed by atoms with E-state index in [0.29, 0.717) is 28.2 Å². The number of nitriles is 2. The van der Waals surface area contributed by atoms with E-state index in [0.717, 1.165) is 0 Å². The largest absolute Gasteiger partial charge is 0.497 e. The van der Waals surface area contributed by atoms with E-state index < -0.39 is 112 Å². The molecule has 77 heavy (non-hydrogen) atoms. The minimum absolute atomic E-state index is 0.0392. The van der Waals surface area contributed by atoms with Crippen LogP contribution in [-0.2, 0) is 56.6 Å². The maximum atomic E-state index is 15.4. The first-order chi connectivity index (χ1) is 36.9. The summed E-state index contributed by atoms with van der Waals surface area (Å²) >= 11 is 0. The third kappa shape index (κ3) is 10.0. The molecule has 3 aromatic rings. The Balaban J connectivity index is 1.16. The smallest absolute Gasteiger partial charge is 0.475 e. The fourth-order valence-corrected chi connectivity index (χ4v) is 14.9. The molecule has 1 saturated carbocycles. The maximum Gasteiger partial charge on any atom is 0.475 e. The Kier molecular flexibility index (Phi) is 16.5. The van der Waals surface area contributed by atoms with Crippen molar-refractivity contribution in [3.63, 3.8) is 0 Å². The van der Waals surface area contributed by atoms with E-state index in [1.165, 1.54) is 9.80 Å². The topological polar surface area (TPSA) is 259 Å². The number of nitrogens with one attached hydrogen (secondary N) is 2. The lowest BCUT2D eigenvalue weighted by Gasteiger charge is -2.72. The van der Waals surface area contributed by atoms with Crippen molar-refractivity contribution in [1.29, 1.82) is 10.5 Å². The Bertz CT molecular complexity index is 2750. The highest BCUT2D eigenvalue weighted by Gasteiger charge is 2.82. The molecule has 5 saturated heterocycles. The summed E-state index contributed by atoms with van der Waals surface area (Å²) in [7, 11) is -3.59. The zero-order valence-corrected chi connectivity index (χ0v) is 46.0. The van der Waals surface area contributed by atoms with Crippen LogP contribution in [0.25, 0.3) is 0 Å². The number of benzene rings is 3. The number of phosphoric acid groups is 1. The highest BCUT2D eigenvalue weighted by Crippen LogP contribution is 2.65. The Morgan fingerprint density at radius 2 is 1.27 bits per heavy atom. The van der Waals surface area contributed by atoms with Gasteiger partial charge in [0.25, 0.3) is 8.53 Å². The molecule has 1 aliphatic carbocycles. The molecule has 6 aliphatic rings. The number of amides is 6. The molecule has 5 heterocycles. The van der Waals surface area contributed by atoms with E-state index >= 15 is 4.57 Å². The van der Waals surface area contributed by atoms with Crippen LogP contribution in [0.15, 0.2) is 78.9 Å². The number of phosphoric ester groups is 1. The molecule has 0 aromatic heterocycles. The second-order valence-electron chi connectivity index (χ2n) is 20.5. The zero-order chi connectivity index (χ0) is 55.0. The van der Waals surface area contributed by atoms with Crippen molar-refractivity contribution in [2.75, 3.05) is 40.6 Å². The molecule has 412 valence electrons. The fraction of sp³-hybridized carbons (Fsp3) is 0.547. The number of nitrogens with zero attached hydrogens (tertiary/aromatic N) is 5. The van der Waals surface area contributed by atoms with Crippen LogP contribution in [0, 0.1) is 33.5 Å². The summed E-state index contributed by atoms with van der Waals surface area (Å²) in [5.41, 5.74) is -2.60. The minimum atomic E-state index is -4.79. The van der Waals surface area contributed by atoms with Gasteiger partial charge in [0.05, 0.1) is 94.6 Å². The average Bonchev–Trinajstić information content (AvgIpc) is 4.14. The molecule has 22 nitrogen and oxygen atoms in total. The van der Waals surface area contributed by atoms with Crippen molar-refractivity contribution >= 4 is 40.2 Å². The minimum Gasteiger partial charge on any atom is -0.497 e. The Morgan fingerprint density at radius 1 is 0.753 bits per heavy atom. The van der Waals surface area contributed by atoms with E-state index in [1.54, 1.807) is 28.1 Å². The molecule has 24 heteroatoms. The second-order valence-corrected chi connectivity index (χ2v) is 23.5. The summed E-state index contributed by atoms with van der Waals surface area (Å²) in [5, 5.41) is 24.0. The van der Waals surface area contributed by atoms with Gasteiger partial charge in [-0.2, -0.15) is 10.5 Å². The van der Waals surface area contributed by atoms with Crippen molar-refractivity contribution < 1.29 is 70.0 Å². The first kappa shape index (κ1) is 56.2. The summed E-state index contributed by atoms with van der Waals surface area (Å²) in [6, 6.07) is 24.0. The first-order valence-corrected chi connectivity index (χ1v) is 28.2. The SMILES string of the molecule is COc1ccc(C(OC[C@H]2O[C@@H]3C[C@@H]2OP(=O)(OCCC#N)OC[C@H]2O[C@H](C[C@@H]2OP(OCCC#N)N(C(C)C)C(C)C)N2C(=O)NC(=O)[C@]4(C)C2C2N3C(=O)NC(=O)[C@@]24C)(c2ccccc2)c2ccc(OC)cc2)cc1. The molecular formula is C53H65N7O15P2. The number of carbonyl (C=O) groups excluding carboxylic acids is 4. The van der Waals surface area contributed by atoms with Gasteiger partial charge in [0.15, 0.2) is 0 Å². The number of imide groups is 2. The molecule has 2 N–H and O–H groups in total. The molecule has 4 unspecified atom stereocenters. The van der Waals surface area contributed by atoms with Gasteiger partial charge in [-0.05, 0) is 82.5 Å². The number of urea groups is 2. The summed E-state index contributed by atoms with van der Waals surface area (Å²) in [6.07, 6.45) is -7.39. The van der Waals surface area contributed by atoms with Crippen molar-refractivity contribution in [2.24, 2.45) is 10.8 Å². The van der Waals surface area contributed by atoms with Gasteiger partial charge < -0.3 is 32.7 Å². The predicted octanol–water partition coefficient (Wildman–Crippen LogP) is 7.22. The van der Waals surface area contributed by atoms with E-state index in [1.807, 2.05) is 117 Å². The summed E-state index contributed by atoms with van der Waals surface area (Å²) < 4.78 is 81.3. The van der Waals surface area contributed by atoms with Crippen molar-refractivity contribution in [1.82, 2.24) is 25.1 Å². The molecule has 0 radical (unpaired) electrons. The normalized spacial score (nSPS) is 31.2. The highest BCUT2D eigenvalue weighted by atomic mass is 31.2. The quantitative estimate of drug-likeness (QED) is 0.0682. The standard InChI is InChI=1S/C53H65N7O15P2/c1-32(2)60(33(3)4)76(69-26-12-24-54)74-39-28-43-58-45-46-52(6,51(45,5)47(61)56-49(58)63)48(62)57-50(64)59(46)44-29-40(75-77(65,70-27-13-25-55)71-31-42(39)73-43)41(72-44)30-68-53(34-14-10-9-11-15-34,35-16-20-37(66-7)21-17-35)36-18-22-38(67-8)23-19-36/h9-11,14-23,32-33,39-46H,12-13,26-31H2,1-8H3,(H,56,61,63)(H,57,62,64)/t39-,40-,41+,42+,43+,44+,45?,46?,51-,52+,76?,77?/m0/s1. The number of ether oxygens (including phenoxy) is 5. The van der Waals surface area contributed by atoms with Crippen molar-refractivity contribution in [3.8, 4) is 23.6 Å². The fourth-order valence-electron chi connectivity index (χ4n) is 11.8. The Labute approximate surface area is 449 Å². The average molecular weight is 1100 g/mol. The van der Waals surface area contributed by atoms with E-state index in [4.69, 9.17) is 46.3 Å². The lowest BCUT2D eigenvalue weighted by molar-refractivity contribution is -0.243. The maximum absolute atomic E-state index is 15.4. The molecule has 9 rings (SSSR count). The van der Waals surface area contributed by atoms with Crippen LogP contribution in [0.2, 0.25) is 0 Å². The van der Waals surface area contributed by atoms with Crippen LogP contribution >= 0.6 is 16.3 Å². The van der Waals surface area contributed by atoms with Gasteiger partial charge in [-0.15, -0.1) is 0 Å². The Hall–Kier alpha value is -5.58. The lowest BCUT2D eigenvalue weighted by atomic mass is 9.42. The second kappa shape index (κ2) is 22.6. The molecule has 0 spiro atoms. The van der Waals surface area contributed by atoms with Gasteiger partial charge in [0.2, 0.25) is 11.8 Å². The molecular weight excluding hydrogens is 1040 g/mol. The van der Waals surface area contributed by atoms with Gasteiger partial charge in [0.1, 0.15) is 47.9 Å². The summed E-state index contributed by atoms with van der Waals surface area (Å²) in [4.78, 5) is 60.6. The van der Waals surface area contributed by atoms with Crippen LogP contribution in [0.4, 0.5) is 9.59 Å². The van der Waals surface area contributed by atoms with Gasteiger partial charge in [0, 0.05) is 24.9 Å². The Morgan fingerprint density at radius 3 is 1.79 bits per heavy atom. The molecule has 5 aliphatic heterocycles.